The van der Waals surface area contributed by atoms with Gasteiger partial charge in [0, 0.05) is 38.2 Å². The van der Waals surface area contributed by atoms with Crippen LogP contribution in [0.1, 0.15) is 23.2 Å². The topological polar surface area (TPSA) is 92.6 Å². The molecular formula is C13H14ClN3O4. The maximum atomic E-state index is 12.1. The number of rotatable bonds is 3. The summed E-state index contributed by atoms with van der Waals surface area (Å²) >= 11 is 5.91. The fourth-order valence-electron chi connectivity index (χ4n) is 2.19. The number of hydrogen-bond acceptors (Lipinski definition) is 4. The van der Waals surface area contributed by atoms with Gasteiger partial charge in [0.05, 0.1) is 15.5 Å². The summed E-state index contributed by atoms with van der Waals surface area (Å²) in [6, 6.07) is 3.56. The number of nitro groups is 1. The van der Waals surface area contributed by atoms with Gasteiger partial charge in [-0.3, -0.25) is 19.7 Å². The summed E-state index contributed by atoms with van der Waals surface area (Å²) in [5.74, 6) is -0.350. The predicted octanol–water partition coefficient (Wildman–Crippen LogP) is 1.60. The molecular weight excluding hydrogens is 298 g/mol. The number of nitrogens with zero attached hydrogens (tertiary/aromatic N) is 2. The number of nitro benzene ring substituents is 1. The Morgan fingerprint density at radius 3 is 2.81 bits per heavy atom. The normalized spacial score (nSPS) is 18.5. The zero-order valence-electron chi connectivity index (χ0n) is 11.3. The number of carbonyl (C=O) groups is 2. The minimum atomic E-state index is -0.574. The monoisotopic (exact) mass is 311 g/mol. The lowest BCUT2D eigenvalue weighted by molar-refractivity contribution is -0.384. The van der Waals surface area contributed by atoms with Crippen LogP contribution >= 0.6 is 11.6 Å². The van der Waals surface area contributed by atoms with Crippen molar-refractivity contribution in [3.63, 3.8) is 0 Å². The van der Waals surface area contributed by atoms with E-state index >= 15 is 0 Å². The third-order valence-corrected chi connectivity index (χ3v) is 3.68. The van der Waals surface area contributed by atoms with E-state index < -0.39 is 10.8 Å². The number of benzene rings is 1. The summed E-state index contributed by atoms with van der Waals surface area (Å²) in [5.41, 5.74) is 0.0152. The predicted molar refractivity (Wildman–Crippen MR) is 76.2 cm³/mol. The molecule has 2 amide bonds. The van der Waals surface area contributed by atoms with Gasteiger partial charge >= 0.3 is 0 Å². The molecule has 1 aromatic carbocycles. The van der Waals surface area contributed by atoms with Gasteiger partial charge < -0.3 is 10.2 Å². The average Bonchev–Trinajstić information content (AvgIpc) is 2.42. The Labute approximate surface area is 126 Å². The molecule has 0 radical (unpaired) electrons. The van der Waals surface area contributed by atoms with Gasteiger partial charge in [-0.2, -0.15) is 0 Å². The fraction of sp³-hybridized carbons (Fsp3) is 0.385. The van der Waals surface area contributed by atoms with Gasteiger partial charge in [-0.1, -0.05) is 11.6 Å². The highest BCUT2D eigenvalue weighted by atomic mass is 35.5. The lowest BCUT2D eigenvalue weighted by Crippen LogP contribution is -2.48. The van der Waals surface area contributed by atoms with E-state index in [2.05, 4.69) is 5.32 Å². The fourth-order valence-corrected chi connectivity index (χ4v) is 2.46. The van der Waals surface area contributed by atoms with E-state index in [4.69, 9.17) is 11.6 Å². The summed E-state index contributed by atoms with van der Waals surface area (Å²) < 4.78 is 0. The van der Waals surface area contributed by atoms with Crippen LogP contribution in [0.15, 0.2) is 18.2 Å². The van der Waals surface area contributed by atoms with Gasteiger partial charge in [-0.15, -0.1) is 0 Å². The van der Waals surface area contributed by atoms with Crippen LogP contribution < -0.4 is 5.32 Å². The molecule has 8 heteroatoms. The first-order valence-electron chi connectivity index (χ1n) is 6.37. The first-order chi connectivity index (χ1) is 9.88. The van der Waals surface area contributed by atoms with Gasteiger partial charge in [0.25, 0.3) is 11.6 Å². The molecule has 112 valence electrons. The van der Waals surface area contributed by atoms with Crippen molar-refractivity contribution in [2.75, 3.05) is 13.6 Å². The summed E-state index contributed by atoms with van der Waals surface area (Å²) in [7, 11) is 1.68. The second-order valence-electron chi connectivity index (χ2n) is 4.90. The Morgan fingerprint density at radius 1 is 1.52 bits per heavy atom. The SMILES string of the molecule is CN1CC(NC(=O)c2ccc([N+](=O)[O-])cc2Cl)CCC1=O. The molecule has 1 unspecified atom stereocenters. The molecule has 0 spiro atoms. The maximum absolute atomic E-state index is 12.1. The van der Waals surface area contributed by atoms with Gasteiger partial charge in [-0.25, -0.2) is 0 Å². The van der Waals surface area contributed by atoms with Crippen molar-refractivity contribution < 1.29 is 14.5 Å². The highest BCUT2D eigenvalue weighted by Gasteiger charge is 2.25. The number of carbonyl (C=O) groups excluding carboxylic acids is 2. The Balaban J connectivity index is 2.07. The van der Waals surface area contributed by atoms with Gasteiger partial charge in [-0.05, 0) is 12.5 Å². The van der Waals surface area contributed by atoms with Crippen LogP contribution in [0.2, 0.25) is 5.02 Å². The molecule has 0 aromatic heterocycles. The Kier molecular flexibility index (Phi) is 4.42. The Bertz CT molecular complexity index is 605. The lowest BCUT2D eigenvalue weighted by atomic mass is 10.0. The van der Waals surface area contributed by atoms with E-state index in [9.17, 15) is 19.7 Å². The van der Waals surface area contributed by atoms with Gasteiger partial charge in [0.2, 0.25) is 5.91 Å². The number of non-ortho nitro benzene ring substituents is 1. The van der Waals surface area contributed by atoms with Crippen molar-refractivity contribution in [3.05, 3.63) is 38.9 Å². The molecule has 1 aliphatic heterocycles. The number of hydrogen-bond donors (Lipinski definition) is 1. The first-order valence-corrected chi connectivity index (χ1v) is 6.75. The second kappa shape index (κ2) is 6.09. The van der Waals surface area contributed by atoms with E-state index in [1.54, 1.807) is 11.9 Å². The van der Waals surface area contributed by atoms with Gasteiger partial charge in [0.1, 0.15) is 0 Å². The van der Waals surface area contributed by atoms with Crippen molar-refractivity contribution in [1.29, 1.82) is 0 Å². The molecule has 1 atom stereocenters. The van der Waals surface area contributed by atoms with Crippen LogP contribution in [0, 0.1) is 10.1 Å². The lowest BCUT2D eigenvalue weighted by Gasteiger charge is -2.30. The Hall–Kier alpha value is -2.15. The summed E-state index contributed by atoms with van der Waals surface area (Å²) in [4.78, 5) is 35.1. The minimum Gasteiger partial charge on any atom is -0.347 e. The number of piperidine rings is 1. The average molecular weight is 312 g/mol. The van der Waals surface area contributed by atoms with E-state index in [0.29, 0.717) is 19.4 Å². The first kappa shape index (κ1) is 15.2. The van der Waals surface area contributed by atoms with E-state index in [1.807, 2.05) is 0 Å². The third kappa shape index (κ3) is 3.49. The quantitative estimate of drug-likeness (QED) is 0.678. The van der Waals surface area contributed by atoms with Crippen molar-refractivity contribution in [3.8, 4) is 0 Å². The number of likely N-dealkylation sites (tertiary alicyclic amines) is 1. The molecule has 0 aliphatic carbocycles. The van der Waals surface area contributed by atoms with Gasteiger partial charge in [0.15, 0.2) is 0 Å². The summed E-state index contributed by atoms with van der Waals surface area (Å²) in [6.07, 6.45) is 0.953. The molecule has 21 heavy (non-hydrogen) atoms. The van der Waals surface area contributed by atoms with Crippen molar-refractivity contribution in [1.82, 2.24) is 10.2 Å². The van der Waals surface area contributed by atoms with Crippen LogP contribution in [0.25, 0.3) is 0 Å². The molecule has 1 aliphatic rings. The number of likely N-dealkylation sites (N-methyl/N-ethyl adjacent to an activating group) is 1. The zero-order chi connectivity index (χ0) is 15.6. The Morgan fingerprint density at radius 2 is 2.24 bits per heavy atom. The molecule has 1 fully saturated rings. The highest BCUT2D eigenvalue weighted by Crippen LogP contribution is 2.22. The summed E-state index contributed by atoms with van der Waals surface area (Å²) in [6.45, 7) is 0.440. The van der Waals surface area contributed by atoms with E-state index in [0.717, 1.165) is 6.07 Å². The molecule has 7 nitrogen and oxygen atoms in total. The van der Waals surface area contributed by atoms with E-state index in [-0.39, 0.29) is 28.2 Å². The minimum absolute atomic E-state index is 0.0296. The second-order valence-corrected chi connectivity index (χ2v) is 5.31. The standard InChI is InChI=1S/C13H14ClN3O4/c1-16-7-8(2-5-12(16)18)15-13(19)10-4-3-9(17(20)21)6-11(10)14/h3-4,6,8H,2,5,7H2,1H3,(H,15,19). The van der Waals surface area contributed by atoms with E-state index in [1.165, 1.54) is 12.1 Å². The molecule has 0 bridgehead atoms. The largest absolute Gasteiger partial charge is 0.347 e. The van der Waals surface area contributed by atoms with Crippen LogP contribution in [0.5, 0.6) is 0 Å². The maximum Gasteiger partial charge on any atom is 0.270 e. The molecule has 2 rings (SSSR count). The zero-order valence-corrected chi connectivity index (χ0v) is 12.1. The molecule has 1 heterocycles. The summed E-state index contributed by atoms with van der Waals surface area (Å²) in [5, 5.41) is 13.4. The smallest absolute Gasteiger partial charge is 0.270 e. The van der Waals surface area contributed by atoms with Crippen LogP contribution in [0.4, 0.5) is 5.69 Å². The number of nitrogens with one attached hydrogen (secondary N) is 1. The van der Waals surface area contributed by atoms with Crippen LogP contribution in [-0.2, 0) is 4.79 Å². The molecule has 1 N–H and O–H groups in total. The van der Waals surface area contributed by atoms with Crippen LogP contribution in [0.3, 0.4) is 0 Å². The molecule has 1 aromatic rings. The number of halogens is 1. The number of amides is 2. The van der Waals surface area contributed by atoms with Crippen molar-refractivity contribution in [2.45, 2.75) is 18.9 Å². The molecule has 0 saturated carbocycles. The van der Waals surface area contributed by atoms with Crippen molar-refractivity contribution in [2.24, 2.45) is 0 Å². The van der Waals surface area contributed by atoms with Crippen molar-refractivity contribution >= 4 is 29.1 Å². The highest BCUT2D eigenvalue weighted by molar-refractivity contribution is 6.34. The van der Waals surface area contributed by atoms with Crippen LogP contribution in [-0.4, -0.2) is 41.3 Å². The third-order valence-electron chi connectivity index (χ3n) is 3.37. The molecule has 1 saturated heterocycles.